The quantitative estimate of drug-likeness (QED) is 0.918. The Morgan fingerprint density at radius 1 is 1.35 bits per heavy atom. The number of ether oxygens (including phenoxy) is 1. The Hall–Kier alpha value is -2.08. The number of carbonyl (C=O) groups is 1. The molecule has 0 unspecified atom stereocenters. The Balaban J connectivity index is 1.92. The van der Waals surface area contributed by atoms with E-state index in [2.05, 4.69) is 26.2 Å². The van der Waals surface area contributed by atoms with Gasteiger partial charge in [0.15, 0.2) is 6.61 Å². The van der Waals surface area contributed by atoms with Crippen molar-refractivity contribution in [2.24, 2.45) is 0 Å². The van der Waals surface area contributed by atoms with E-state index in [9.17, 15) is 4.79 Å². The molecule has 1 N–H and O–H groups in total. The second kappa shape index (κ2) is 5.13. The molecule has 0 saturated carbocycles. The number of anilines is 3. The lowest BCUT2D eigenvalue weighted by Crippen LogP contribution is -2.25. The fourth-order valence-electron chi connectivity index (χ4n) is 1.98. The summed E-state index contributed by atoms with van der Waals surface area (Å²) in [5.41, 5.74) is 1.60. The standard InChI is InChI=1S/C14H12BrN3O2/c1-18(13-5-2-9(15)7-16-13)10-3-4-12-11(6-10)17-14(19)8-20-12/h2-7H,8H2,1H3,(H,17,19). The number of nitrogens with zero attached hydrogens (tertiary/aromatic N) is 2. The topological polar surface area (TPSA) is 54.5 Å². The Bertz CT molecular complexity index is 658. The number of hydrogen-bond acceptors (Lipinski definition) is 4. The number of fused-ring (bicyclic) bond motifs is 1. The normalized spacial score (nSPS) is 13.2. The average Bonchev–Trinajstić information content (AvgIpc) is 2.46. The van der Waals surface area contributed by atoms with Crippen LogP contribution < -0.4 is 15.0 Å². The molecule has 2 heterocycles. The second-order valence-electron chi connectivity index (χ2n) is 4.41. The van der Waals surface area contributed by atoms with Gasteiger partial charge in [0.25, 0.3) is 5.91 Å². The summed E-state index contributed by atoms with van der Waals surface area (Å²) in [4.78, 5) is 17.6. The Kier molecular flexibility index (Phi) is 3.31. The first-order valence-corrected chi connectivity index (χ1v) is 6.85. The molecule has 0 aliphatic carbocycles. The second-order valence-corrected chi connectivity index (χ2v) is 5.33. The molecule has 20 heavy (non-hydrogen) atoms. The van der Waals surface area contributed by atoms with E-state index in [0.29, 0.717) is 11.4 Å². The van der Waals surface area contributed by atoms with Gasteiger partial charge in [-0.15, -0.1) is 0 Å². The van der Waals surface area contributed by atoms with Crippen LogP contribution in [0.2, 0.25) is 0 Å². The predicted molar refractivity (Wildman–Crippen MR) is 80.6 cm³/mol. The summed E-state index contributed by atoms with van der Waals surface area (Å²) in [6.07, 6.45) is 1.75. The molecule has 5 nitrogen and oxygen atoms in total. The molecule has 0 saturated heterocycles. The Labute approximate surface area is 124 Å². The highest BCUT2D eigenvalue weighted by Gasteiger charge is 2.17. The van der Waals surface area contributed by atoms with Crippen LogP contribution in [0.15, 0.2) is 41.0 Å². The van der Waals surface area contributed by atoms with Gasteiger partial charge in [-0.2, -0.15) is 0 Å². The van der Waals surface area contributed by atoms with Crippen molar-refractivity contribution in [2.45, 2.75) is 0 Å². The molecule has 0 radical (unpaired) electrons. The van der Waals surface area contributed by atoms with E-state index in [0.717, 1.165) is 16.0 Å². The van der Waals surface area contributed by atoms with Crippen molar-refractivity contribution in [1.82, 2.24) is 4.98 Å². The number of halogens is 1. The molecular formula is C14H12BrN3O2. The Morgan fingerprint density at radius 3 is 2.95 bits per heavy atom. The molecule has 1 aliphatic rings. The van der Waals surface area contributed by atoms with E-state index < -0.39 is 0 Å². The zero-order chi connectivity index (χ0) is 14.1. The van der Waals surface area contributed by atoms with Gasteiger partial charge in [0.05, 0.1) is 5.69 Å². The van der Waals surface area contributed by atoms with Gasteiger partial charge in [-0.25, -0.2) is 4.98 Å². The Morgan fingerprint density at radius 2 is 2.20 bits per heavy atom. The van der Waals surface area contributed by atoms with E-state index in [1.165, 1.54) is 0 Å². The number of rotatable bonds is 2. The van der Waals surface area contributed by atoms with Crippen LogP contribution in [0.4, 0.5) is 17.2 Å². The van der Waals surface area contributed by atoms with Crippen LogP contribution in [-0.2, 0) is 4.79 Å². The highest BCUT2D eigenvalue weighted by molar-refractivity contribution is 9.10. The maximum Gasteiger partial charge on any atom is 0.262 e. The van der Waals surface area contributed by atoms with Crippen LogP contribution in [0.3, 0.4) is 0 Å². The lowest BCUT2D eigenvalue weighted by molar-refractivity contribution is -0.118. The maximum absolute atomic E-state index is 11.3. The minimum absolute atomic E-state index is 0.0659. The van der Waals surface area contributed by atoms with Crippen molar-refractivity contribution in [3.63, 3.8) is 0 Å². The van der Waals surface area contributed by atoms with Gasteiger partial charge in [0.1, 0.15) is 11.6 Å². The fraction of sp³-hybridized carbons (Fsp3) is 0.143. The number of carbonyl (C=O) groups excluding carboxylic acids is 1. The number of amides is 1. The summed E-state index contributed by atoms with van der Waals surface area (Å²) < 4.78 is 6.27. The number of hydrogen-bond donors (Lipinski definition) is 1. The van der Waals surface area contributed by atoms with Gasteiger partial charge in [-0.05, 0) is 46.3 Å². The third-order valence-electron chi connectivity index (χ3n) is 3.04. The molecule has 3 rings (SSSR count). The van der Waals surface area contributed by atoms with Crippen molar-refractivity contribution in [2.75, 3.05) is 23.9 Å². The van der Waals surface area contributed by atoms with Gasteiger partial charge in [0, 0.05) is 23.4 Å². The van der Waals surface area contributed by atoms with Gasteiger partial charge < -0.3 is 15.0 Å². The number of benzene rings is 1. The molecule has 0 spiro atoms. The zero-order valence-corrected chi connectivity index (χ0v) is 12.3. The summed E-state index contributed by atoms with van der Waals surface area (Å²) in [6, 6.07) is 9.50. The van der Waals surface area contributed by atoms with Gasteiger partial charge in [-0.1, -0.05) is 0 Å². The average molecular weight is 334 g/mol. The molecule has 1 aliphatic heterocycles. The van der Waals surface area contributed by atoms with E-state index in [4.69, 9.17) is 4.74 Å². The minimum Gasteiger partial charge on any atom is -0.482 e. The van der Waals surface area contributed by atoms with Gasteiger partial charge >= 0.3 is 0 Å². The maximum atomic E-state index is 11.3. The number of nitrogens with one attached hydrogen (secondary N) is 1. The van der Waals surface area contributed by atoms with Crippen LogP contribution in [0.1, 0.15) is 0 Å². The minimum atomic E-state index is -0.140. The first-order chi connectivity index (χ1) is 9.63. The first-order valence-electron chi connectivity index (χ1n) is 6.05. The molecule has 0 atom stereocenters. The van der Waals surface area contributed by atoms with Crippen molar-refractivity contribution in [3.05, 3.63) is 41.0 Å². The summed E-state index contributed by atoms with van der Waals surface area (Å²) in [5, 5.41) is 2.80. The van der Waals surface area contributed by atoms with Crippen LogP contribution in [0.25, 0.3) is 0 Å². The molecule has 0 fully saturated rings. The summed E-state index contributed by atoms with van der Waals surface area (Å²) in [7, 11) is 1.92. The van der Waals surface area contributed by atoms with Crippen molar-refractivity contribution in [3.8, 4) is 5.75 Å². The summed E-state index contributed by atoms with van der Waals surface area (Å²) >= 11 is 3.36. The van der Waals surface area contributed by atoms with E-state index >= 15 is 0 Å². The van der Waals surface area contributed by atoms with Crippen molar-refractivity contribution < 1.29 is 9.53 Å². The number of aromatic nitrogens is 1. The van der Waals surface area contributed by atoms with E-state index in [1.807, 2.05) is 42.3 Å². The third kappa shape index (κ3) is 2.46. The fourth-order valence-corrected chi connectivity index (χ4v) is 2.21. The van der Waals surface area contributed by atoms with E-state index in [-0.39, 0.29) is 12.5 Å². The molecule has 102 valence electrons. The third-order valence-corrected chi connectivity index (χ3v) is 3.51. The van der Waals surface area contributed by atoms with Crippen LogP contribution >= 0.6 is 15.9 Å². The lowest BCUT2D eigenvalue weighted by atomic mass is 10.2. The van der Waals surface area contributed by atoms with E-state index in [1.54, 1.807) is 6.20 Å². The van der Waals surface area contributed by atoms with Crippen LogP contribution in [0, 0.1) is 0 Å². The number of pyridine rings is 1. The molecule has 1 amide bonds. The smallest absolute Gasteiger partial charge is 0.262 e. The molecule has 1 aromatic carbocycles. The summed E-state index contributed by atoms with van der Waals surface area (Å²) in [5.74, 6) is 1.36. The van der Waals surface area contributed by atoms with Gasteiger partial charge in [0.2, 0.25) is 0 Å². The van der Waals surface area contributed by atoms with Gasteiger partial charge in [-0.3, -0.25) is 4.79 Å². The summed E-state index contributed by atoms with van der Waals surface area (Å²) in [6.45, 7) is 0.0659. The largest absolute Gasteiger partial charge is 0.482 e. The molecule has 1 aromatic heterocycles. The molecule has 0 bridgehead atoms. The van der Waals surface area contributed by atoms with Crippen molar-refractivity contribution >= 4 is 39.0 Å². The monoisotopic (exact) mass is 333 g/mol. The SMILES string of the molecule is CN(c1ccc2c(c1)NC(=O)CO2)c1ccc(Br)cn1. The predicted octanol–water partition coefficient (Wildman–Crippen LogP) is 2.94. The highest BCUT2D eigenvalue weighted by atomic mass is 79.9. The van der Waals surface area contributed by atoms with Crippen LogP contribution in [-0.4, -0.2) is 24.5 Å². The highest BCUT2D eigenvalue weighted by Crippen LogP contribution is 2.33. The first kappa shape index (κ1) is 12.9. The molecule has 6 heteroatoms. The zero-order valence-electron chi connectivity index (χ0n) is 10.8. The molecular weight excluding hydrogens is 322 g/mol. The van der Waals surface area contributed by atoms with Crippen molar-refractivity contribution in [1.29, 1.82) is 0 Å². The lowest BCUT2D eigenvalue weighted by Gasteiger charge is -2.22. The van der Waals surface area contributed by atoms with Crippen LogP contribution in [0.5, 0.6) is 5.75 Å². The molecule has 2 aromatic rings.